The molecule has 0 unspecified atom stereocenters. The molecule has 0 bridgehead atoms. The van der Waals surface area contributed by atoms with Gasteiger partial charge in [-0.3, -0.25) is 0 Å². The summed E-state index contributed by atoms with van der Waals surface area (Å²) < 4.78 is 34.8. The van der Waals surface area contributed by atoms with Crippen LogP contribution in [0.1, 0.15) is 37.5 Å². The van der Waals surface area contributed by atoms with Gasteiger partial charge in [0.2, 0.25) is 5.90 Å². The van der Waals surface area contributed by atoms with E-state index >= 15 is 0 Å². The average molecular weight is 371 g/mol. The van der Waals surface area contributed by atoms with Crippen LogP contribution in [-0.2, 0) is 14.9 Å². The topological polar surface area (TPSA) is 47.9 Å². The van der Waals surface area contributed by atoms with Gasteiger partial charge in [-0.05, 0) is 35.3 Å². The first-order chi connectivity index (χ1) is 12.7. The Bertz CT molecular complexity index is 910. The molecule has 0 aliphatic carbocycles. The van der Waals surface area contributed by atoms with Crippen LogP contribution < -0.4 is 4.74 Å². The van der Waals surface area contributed by atoms with Crippen molar-refractivity contribution in [3.05, 3.63) is 70.9 Å². The summed E-state index contributed by atoms with van der Waals surface area (Å²) in [6.07, 6.45) is 1.37. The van der Waals surface area contributed by atoms with Crippen molar-refractivity contribution in [3.8, 4) is 5.75 Å². The molecule has 0 fully saturated rings. The van der Waals surface area contributed by atoms with E-state index in [1.165, 1.54) is 12.1 Å². The van der Waals surface area contributed by atoms with Crippen LogP contribution in [0.3, 0.4) is 0 Å². The summed E-state index contributed by atoms with van der Waals surface area (Å²) in [5.41, 5.74) is 2.15. The number of rotatable bonds is 4. The lowest BCUT2D eigenvalue weighted by Crippen LogP contribution is -2.11. The zero-order chi connectivity index (χ0) is 19.6. The number of alkyl halides is 2. The molecule has 0 atom stereocenters. The maximum absolute atomic E-state index is 12.5. The summed E-state index contributed by atoms with van der Waals surface area (Å²) >= 11 is 0. The van der Waals surface area contributed by atoms with E-state index in [4.69, 9.17) is 4.74 Å². The number of para-hydroxylation sites is 1. The number of cyclic esters (lactones) is 1. The smallest absolute Gasteiger partial charge is 0.387 e. The van der Waals surface area contributed by atoms with E-state index in [-0.39, 0.29) is 22.8 Å². The van der Waals surface area contributed by atoms with Crippen LogP contribution in [0.15, 0.2) is 59.2 Å². The molecule has 1 aliphatic heterocycles. The van der Waals surface area contributed by atoms with E-state index in [0.29, 0.717) is 11.1 Å². The molecule has 1 heterocycles. The molecule has 0 radical (unpaired) electrons. The van der Waals surface area contributed by atoms with E-state index in [2.05, 4.69) is 30.5 Å². The number of ether oxygens (including phenoxy) is 2. The number of hydrogen-bond acceptors (Lipinski definition) is 4. The predicted octanol–water partition coefficient (Wildman–Crippen LogP) is 4.93. The van der Waals surface area contributed by atoms with Crippen LogP contribution in [0.4, 0.5) is 8.78 Å². The van der Waals surface area contributed by atoms with Crippen molar-refractivity contribution < 1.29 is 23.0 Å². The van der Waals surface area contributed by atoms with E-state index < -0.39 is 12.6 Å². The van der Waals surface area contributed by atoms with Crippen LogP contribution in [0.2, 0.25) is 0 Å². The molecule has 0 spiro atoms. The van der Waals surface area contributed by atoms with Gasteiger partial charge >= 0.3 is 12.6 Å². The molecule has 1 aliphatic rings. The number of halogens is 2. The van der Waals surface area contributed by atoms with Crippen molar-refractivity contribution in [1.82, 2.24) is 0 Å². The number of carbonyl (C=O) groups excluding carboxylic acids is 1. The van der Waals surface area contributed by atoms with E-state index in [9.17, 15) is 13.6 Å². The fraction of sp³-hybridized carbons (Fsp3) is 0.238. The van der Waals surface area contributed by atoms with E-state index in [1.54, 1.807) is 18.2 Å². The second kappa shape index (κ2) is 7.31. The molecule has 0 aromatic heterocycles. The summed E-state index contributed by atoms with van der Waals surface area (Å²) in [5, 5.41) is 0. The van der Waals surface area contributed by atoms with Crippen LogP contribution in [0, 0.1) is 0 Å². The minimum Gasteiger partial charge on any atom is -0.434 e. The monoisotopic (exact) mass is 371 g/mol. The minimum atomic E-state index is -2.96. The normalized spacial score (nSPS) is 15.9. The number of aliphatic imine (C=N–C) groups is 1. The van der Waals surface area contributed by atoms with Crippen molar-refractivity contribution in [1.29, 1.82) is 0 Å². The van der Waals surface area contributed by atoms with Gasteiger partial charge in [0, 0.05) is 11.1 Å². The third-order valence-electron chi connectivity index (χ3n) is 4.05. The Morgan fingerprint density at radius 3 is 2.37 bits per heavy atom. The van der Waals surface area contributed by atoms with Gasteiger partial charge in [-0.2, -0.15) is 8.78 Å². The number of hydrogen-bond donors (Lipinski definition) is 0. The number of esters is 1. The number of benzene rings is 2. The highest BCUT2D eigenvalue weighted by Gasteiger charge is 2.25. The van der Waals surface area contributed by atoms with Crippen molar-refractivity contribution in [2.24, 2.45) is 4.99 Å². The molecule has 2 aromatic rings. The molecule has 6 heteroatoms. The molecular formula is C21H19F2NO3. The first-order valence-electron chi connectivity index (χ1n) is 8.41. The summed E-state index contributed by atoms with van der Waals surface area (Å²) in [6, 6.07) is 13.8. The van der Waals surface area contributed by atoms with Gasteiger partial charge in [-0.1, -0.05) is 51.1 Å². The third kappa shape index (κ3) is 4.39. The summed E-state index contributed by atoms with van der Waals surface area (Å²) in [6.45, 7) is 3.36. The van der Waals surface area contributed by atoms with Gasteiger partial charge in [0.1, 0.15) is 5.75 Å². The first-order valence-corrected chi connectivity index (χ1v) is 8.41. The van der Waals surface area contributed by atoms with Crippen LogP contribution in [0.5, 0.6) is 5.75 Å². The lowest BCUT2D eigenvalue weighted by molar-refractivity contribution is -0.129. The van der Waals surface area contributed by atoms with Crippen molar-refractivity contribution >= 4 is 17.9 Å². The molecule has 0 saturated heterocycles. The largest absolute Gasteiger partial charge is 0.434 e. The Morgan fingerprint density at radius 1 is 1.07 bits per heavy atom. The van der Waals surface area contributed by atoms with Crippen molar-refractivity contribution in [2.45, 2.75) is 32.8 Å². The van der Waals surface area contributed by atoms with E-state index in [1.807, 2.05) is 24.3 Å². The average Bonchev–Trinajstić information content (AvgIpc) is 2.96. The fourth-order valence-corrected chi connectivity index (χ4v) is 2.60. The van der Waals surface area contributed by atoms with Gasteiger partial charge in [0.05, 0.1) is 0 Å². The van der Waals surface area contributed by atoms with Gasteiger partial charge in [-0.15, -0.1) is 0 Å². The van der Waals surface area contributed by atoms with Crippen LogP contribution in [0.25, 0.3) is 6.08 Å². The summed E-state index contributed by atoms with van der Waals surface area (Å²) in [4.78, 5) is 16.3. The highest BCUT2D eigenvalue weighted by molar-refractivity contribution is 6.12. The Kier molecular flexibility index (Phi) is 5.08. The van der Waals surface area contributed by atoms with Crippen LogP contribution in [-0.4, -0.2) is 18.5 Å². The lowest BCUT2D eigenvalue weighted by atomic mass is 9.87. The van der Waals surface area contributed by atoms with Gasteiger partial charge < -0.3 is 9.47 Å². The summed E-state index contributed by atoms with van der Waals surface area (Å²) in [5.74, 6) is -0.498. The Labute approximate surface area is 156 Å². The molecular weight excluding hydrogens is 352 g/mol. The highest BCUT2D eigenvalue weighted by Crippen LogP contribution is 2.27. The van der Waals surface area contributed by atoms with Gasteiger partial charge in [-0.25, -0.2) is 9.79 Å². The minimum absolute atomic E-state index is 0.00612. The van der Waals surface area contributed by atoms with E-state index in [0.717, 1.165) is 5.56 Å². The molecule has 140 valence electrons. The van der Waals surface area contributed by atoms with Crippen molar-refractivity contribution in [3.63, 3.8) is 0 Å². The van der Waals surface area contributed by atoms with Gasteiger partial charge in [0.15, 0.2) is 5.70 Å². The summed E-state index contributed by atoms with van der Waals surface area (Å²) in [7, 11) is 0. The maximum atomic E-state index is 12.5. The lowest BCUT2D eigenvalue weighted by Gasteiger charge is -2.18. The SMILES string of the molecule is CC(C)(C)c1ccc(C2=N/C(=C\c3ccccc3OC(F)F)C(=O)O2)cc1. The Hall–Kier alpha value is -3.02. The molecule has 27 heavy (non-hydrogen) atoms. The number of nitrogens with zero attached hydrogens (tertiary/aromatic N) is 1. The van der Waals surface area contributed by atoms with Crippen LogP contribution >= 0.6 is 0 Å². The Morgan fingerprint density at radius 2 is 1.74 bits per heavy atom. The number of carbonyl (C=O) groups is 1. The third-order valence-corrected chi connectivity index (χ3v) is 4.05. The fourth-order valence-electron chi connectivity index (χ4n) is 2.60. The van der Waals surface area contributed by atoms with Gasteiger partial charge in [0.25, 0.3) is 0 Å². The predicted molar refractivity (Wildman–Crippen MR) is 98.8 cm³/mol. The molecule has 3 rings (SSSR count). The zero-order valence-corrected chi connectivity index (χ0v) is 15.2. The molecule has 0 saturated carbocycles. The zero-order valence-electron chi connectivity index (χ0n) is 15.2. The molecule has 2 aromatic carbocycles. The maximum Gasteiger partial charge on any atom is 0.387 e. The standard InChI is InChI=1S/C21H19F2NO3/c1-21(2,3)15-10-8-13(9-11-15)18-24-16(19(25)27-18)12-14-6-4-5-7-17(14)26-20(22)23/h4-12,20H,1-3H3/b16-12-. The molecule has 0 N–H and O–H groups in total. The first kappa shape index (κ1) is 18.8. The second-order valence-corrected chi connectivity index (χ2v) is 7.08. The van der Waals surface area contributed by atoms with Crippen molar-refractivity contribution in [2.75, 3.05) is 0 Å². The highest BCUT2D eigenvalue weighted by atomic mass is 19.3. The molecule has 4 nitrogen and oxygen atoms in total. The quantitative estimate of drug-likeness (QED) is 0.566. The second-order valence-electron chi connectivity index (χ2n) is 7.08. The Balaban J connectivity index is 1.90. The molecule has 0 amide bonds.